The summed E-state index contributed by atoms with van der Waals surface area (Å²) in [5.74, 6) is -0.489. The third kappa shape index (κ3) is 3.72. The zero-order valence-electron chi connectivity index (χ0n) is 13.8. The Morgan fingerprint density at radius 2 is 1.39 bits per heavy atom. The molecule has 146 valence electrons. The van der Waals surface area contributed by atoms with Crippen molar-refractivity contribution in [3.8, 4) is 17.1 Å². The number of alkyl halides is 4. The Balaban J connectivity index is 1.86. The molecular formula is C17H11F4N3O4. The summed E-state index contributed by atoms with van der Waals surface area (Å²) in [4.78, 5) is 22.7. The van der Waals surface area contributed by atoms with Crippen LogP contribution in [0.1, 0.15) is 0 Å². The lowest BCUT2D eigenvalue weighted by Crippen LogP contribution is -2.33. The number of hydrogen-bond donors (Lipinski definition) is 0. The van der Waals surface area contributed by atoms with E-state index in [1.54, 1.807) is 0 Å². The minimum atomic E-state index is -4.63. The van der Waals surface area contributed by atoms with Gasteiger partial charge in [0.25, 0.3) is 5.69 Å². The Morgan fingerprint density at radius 3 is 1.82 bits per heavy atom. The third-order valence-corrected chi connectivity index (χ3v) is 3.74. The van der Waals surface area contributed by atoms with Crippen LogP contribution >= 0.6 is 0 Å². The molecule has 0 aliphatic carbocycles. The van der Waals surface area contributed by atoms with E-state index in [4.69, 9.17) is 0 Å². The molecule has 1 heterocycles. The van der Waals surface area contributed by atoms with Crippen LogP contribution in [0.4, 0.5) is 23.2 Å². The Labute approximate surface area is 154 Å². The topological polar surface area (TPSA) is 79.3 Å². The molecular weight excluding hydrogens is 386 g/mol. The van der Waals surface area contributed by atoms with Gasteiger partial charge in [-0.05, 0) is 36.4 Å². The molecule has 1 aromatic heterocycles. The predicted molar refractivity (Wildman–Crippen MR) is 89.6 cm³/mol. The molecule has 3 aromatic rings. The lowest BCUT2D eigenvalue weighted by atomic mass is 10.3. The van der Waals surface area contributed by atoms with Gasteiger partial charge < -0.3 is 4.74 Å². The predicted octanol–water partition coefficient (Wildman–Crippen LogP) is 3.77. The molecule has 0 fully saturated rings. The van der Waals surface area contributed by atoms with Crippen LogP contribution in [0.25, 0.3) is 11.4 Å². The largest absolute Gasteiger partial charge is 0.461 e. The van der Waals surface area contributed by atoms with Crippen LogP contribution in [-0.2, 0) is 0 Å². The number of benzene rings is 2. The maximum atomic E-state index is 12.9. The number of imidazole rings is 1. The molecule has 0 unspecified atom stereocenters. The highest BCUT2D eigenvalue weighted by Gasteiger charge is 2.43. The van der Waals surface area contributed by atoms with Crippen molar-refractivity contribution in [2.45, 2.75) is 12.5 Å². The van der Waals surface area contributed by atoms with Gasteiger partial charge in [-0.2, -0.15) is 17.6 Å². The van der Waals surface area contributed by atoms with E-state index in [0.717, 1.165) is 12.1 Å². The lowest BCUT2D eigenvalue weighted by molar-refractivity contribution is -0.384. The third-order valence-electron chi connectivity index (χ3n) is 3.74. The van der Waals surface area contributed by atoms with Crippen LogP contribution in [0, 0.1) is 10.1 Å². The van der Waals surface area contributed by atoms with Crippen LogP contribution in [0.5, 0.6) is 5.75 Å². The van der Waals surface area contributed by atoms with Crippen molar-refractivity contribution in [3.05, 3.63) is 81.5 Å². The van der Waals surface area contributed by atoms with Crippen molar-refractivity contribution in [2.24, 2.45) is 0 Å². The van der Waals surface area contributed by atoms with Crippen molar-refractivity contribution in [2.75, 3.05) is 0 Å². The highest BCUT2D eigenvalue weighted by molar-refractivity contribution is 5.42. The second kappa shape index (κ2) is 7.18. The molecule has 7 nitrogen and oxygen atoms in total. The molecule has 0 saturated carbocycles. The molecule has 3 rings (SSSR count). The number of aromatic nitrogens is 2. The Morgan fingerprint density at radius 1 is 0.929 bits per heavy atom. The number of nitro benzene ring substituents is 1. The van der Waals surface area contributed by atoms with Gasteiger partial charge in [-0.1, -0.05) is 0 Å². The van der Waals surface area contributed by atoms with Crippen molar-refractivity contribution in [1.82, 2.24) is 9.13 Å². The number of rotatable bonds is 6. The van der Waals surface area contributed by atoms with E-state index < -0.39 is 28.9 Å². The lowest BCUT2D eigenvalue weighted by Gasteiger charge is -2.16. The second-order valence-electron chi connectivity index (χ2n) is 5.55. The fourth-order valence-corrected chi connectivity index (χ4v) is 2.38. The number of halogens is 4. The molecule has 0 atom stereocenters. The molecule has 0 bridgehead atoms. The highest BCUT2D eigenvalue weighted by atomic mass is 19.3. The van der Waals surface area contributed by atoms with E-state index in [-0.39, 0.29) is 11.4 Å². The first-order valence-electron chi connectivity index (χ1n) is 7.69. The van der Waals surface area contributed by atoms with Gasteiger partial charge in [0.2, 0.25) is 0 Å². The molecule has 0 N–H and O–H groups in total. The second-order valence-corrected chi connectivity index (χ2v) is 5.55. The number of nitro groups is 1. The minimum absolute atomic E-state index is 0.132. The van der Waals surface area contributed by atoms with Crippen LogP contribution in [0.15, 0.2) is 65.7 Å². The fourth-order valence-electron chi connectivity index (χ4n) is 2.38. The summed E-state index contributed by atoms with van der Waals surface area (Å²) < 4.78 is 56.5. The van der Waals surface area contributed by atoms with E-state index in [0.29, 0.717) is 5.69 Å². The van der Waals surface area contributed by atoms with E-state index in [1.807, 2.05) is 0 Å². The van der Waals surface area contributed by atoms with Crippen LogP contribution < -0.4 is 10.4 Å². The fraction of sp³-hybridized carbons (Fsp3) is 0.118. The molecule has 0 aliphatic rings. The standard InChI is InChI=1S/C17H11F4N3O4/c18-15(19)17(20,21)28-14-7-5-12(6-8-14)23-10-9-22(16(23)25)11-1-3-13(4-2-11)24(26)27/h1-10,15H. The molecule has 0 saturated heterocycles. The normalized spacial score (nSPS) is 11.6. The number of non-ortho nitro benzene ring substituents is 1. The zero-order valence-corrected chi connectivity index (χ0v) is 13.8. The summed E-state index contributed by atoms with van der Waals surface area (Å²) >= 11 is 0. The molecule has 2 aromatic carbocycles. The highest BCUT2D eigenvalue weighted by Crippen LogP contribution is 2.27. The summed E-state index contributed by atoms with van der Waals surface area (Å²) in [5.41, 5.74) is -0.00268. The van der Waals surface area contributed by atoms with Crippen molar-refractivity contribution < 1.29 is 27.2 Å². The average molecular weight is 397 g/mol. The molecule has 28 heavy (non-hydrogen) atoms. The van der Waals surface area contributed by atoms with Crippen molar-refractivity contribution in [1.29, 1.82) is 0 Å². The number of ether oxygens (including phenoxy) is 1. The van der Waals surface area contributed by atoms with Gasteiger partial charge in [0.1, 0.15) is 5.75 Å². The van der Waals surface area contributed by atoms with Crippen LogP contribution in [0.3, 0.4) is 0 Å². The van der Waals surface area contributed by atoms with E-state index in [9.17, 15) is 32.5 Å². The zero-order chi connectivity index (χ0) is 20.5. The maximum absolute atomic E-state index is 12.9. The molecule has 0 aliphatic heterocycles. The van der Waals surface area contributed by atoms with Crippen molar-refractivity contribution >= 4 is 5.69 Å². The van der Waals surface area contributed by atoms with E-state index >= 15 is 0 Å². The van der Waals surface area contributed by atoms with E-state index in [2.05, 4.69) is 4.74 Å². The smallest absolute Gasteiger partial charge is 0.428 e. The summed E-state index contributed by atoms with van der Waals surface area (Å²) in [7, 11) is 0. The van der Waals surface area contributed by atoms with Gasteiger partial charge in [0.15, 0.2) is 0 Å². The summed E-state index contributed by atoms with van der Waals surface area (Å²) in [5, 5.41) is 10.7. The van der Waals surface area contributed by atoms with E-state index in [1.165, 1.54) is 57.9 Å². The van der Waals surface area contributed by atoms with Crippen LogP contribution in [-0.4, -0.2) is 26.6 Å². The average Bonchev–Trinajstić information content (AvgIpc) is 3.03. The first-order valence-corrected chi connectivity index (χ1v) is 7.69. The number of nitrogens with zero attached hydrogens (tertiary/aromatic N) is 3. The van der Waals surface area contributed by atoms with Crippen molar-refractivity contribution in [3.63, 3.8) is 0 Å². The van der Waals surface area contributed by atoms with Gasteiger partial charge in [-0.3, -0.25) is 19.2 Å². The minimum Gasteiger partial charge on any atom is -0.428 e. The molecule has 11 heteroatoms. The van der Waals surface area contributed by atoms with Gasteiger partial charge in [0, 0.05) is 24.5 Å². The number of hydrogen-bond acceptors (Lipinski definition) is 4. The van der Waals surface area contributed by atoms with Gasteiger partial charge in [-0.25, -0.2) is 4.79 Å². The quantitative estimate of drug-likeness (QED) is 0.360. The summed E-state index contributed by atoms with van der Waals surface area (Å²) in [6.45, 7) is 0. The maximum Gasteiger partial charge on any atom is 0.461 e. The van der Waals surface area contributed by atoms with Gasteiger partial charge in [0.05, 0.1) is 16.3 Å². The first-order chi connectivity index (χ1) is 13.2. The van der Waals surface area contributed by atoms with Gasteiger partial charge >= 0.3 is 18.2 Å². The van der Waals surface area contributed by atoms with Crippen LogP contribution in [0.2, 0.25) is 0 Å². The summed E-state index contributed by atoms with van der Waals surface area (Å²) in [6, 6.07) is 9.84. The Hall–Kier alpha value is -3.63. The molecule has 0 amide bonds. The summed E-state index contributed by atoms with van der Waals surface area (Å²) in [6.07, 6.45) is -5.80. The molecule has 0 radical (unpaired) electrons. The van der Waals surface area contributed by atoms with Gasteiger partial charge in [-0.15, -0.1) is 0 Å². The Kier molecular flexibility index (Phi) is 4.91. The Bertz CT molecular complexity index is 1040. The molecule has 0 spiro atoms. The monoisotopic (exact) mass is 397 g/mol. The first kappa shape index (κ1) is 19.1. The SMILES string of the molecule is O=c1n(-c2ccc(OC(F)(F)C(F)F)cc2)ccn1-c1ccc([N+](=O)[O-])cc1.